The summed E-state index contributed by atoms with van der Waals surface area (Å²) in [5, 5.41) is 15.5. The molecule has 1 aromatic carbocycles. The molecule has 0 atom stereocenters. The molecule has 0 radical (unpaired) electrons. The van der Waals surface area contributed by atoms with Crippen molar-refractivity contribution in [2.24, 2.45) is 5.41 Å². The van der Waals surface area contributed by atoms with Crippen LogP contribution >= 0.6 is 0 Å². The summed E-state index contributed by atoms with van der Waals surface area (Å²) in [7, 11) is 0. The molecule has 0 aliphatic heterocycles. The second kappa shape index (κ2) is 5.71. The number of nitrogens with one attached hydrogen (secondary N) is 1. The lowest BCUT2D eigenvalue weighted by molar-refractivity contribution is 0.123. The molecule has 1 saturated carbocycles. The number of nitrogens with zero attached hydrogens (tertiary/aromatic N) is 4. The van der Waals surface area contributed by atoms with Gasteiger partial charge in [-0.25, -0.2) is 0 Å². The molecule has 0 unspecified atom stereocenters. The van der Waals surface area contributed by atoms with Gasteiger partial charge in [0, 0.05) is 6.54 Å². The second-order valence-electron chi connectivity index (χ2n) is 5.65. The topological polar surface area (TPSA) is 55.6 Å². The Labute approximate surface area is 119 Å². The Hall–Kier alpha value is -1.75. The second-order valence-corrected chi connectivity index (χ2v) is 5.65. The molecule has 106 valence electrons. The molecule has 1 aromatic heterocycles. The lowest BCUT2D eigenvalue weighted by Crippen LogP contribution is -2.39. The summed E-state index contributed by atoms with van der Waals surface area (Å²) in [5.41, 5.74) is 1.52. The first-order valence-electron chi connectivity index (χ1n) is 7.36. The first-order valence-corrected chi connectivity index (χ1v) is 7.36. The maximum atomic E-state index is 4.12. The molecule has 3 rings (SSSR count). The minimum absolute atomic E-state index is 0.519. The molecule has 1 fully saturated rings. The van der Waals surface area contributed by atoms with E-state index < -0.39 is 0 Å². The highest BCUT2D eigenvalue weighted by Gasteiger charge is 2.34. The fourth-order valence-corrected chi connectivity index (χ4v) is 2.86. The van der Waals surface area contributed by atoms with E-state index in [1.165, 1.54) is 25.7 Å². The van der Waals surface area contributed by atoms with Gasteiger partial charge in [0.05, 0.1) is 12.2 Å². The van der Waals surface area contributed by atoms with Gasteiger partial charge in [-0.3, -0.25) is 0 Å². The Morgan fingerprint density at radius 1 is 1.25 bits per heavy atom. The predicted molar refractivity (Wildman–Crippen MR) is 77.4 cm³/mol. The van der Waals surface area contributed by atoms with Gasteiger partial charge in [-0.2, -0.15) is 4.68 Å². The number of benzene rings is 1. The summed E-state index contributed by atoms with van der Waals surface area (Å²) in [6.45, 7) is 4.06. The molecule has 5 heteroatoms. The monoisotopic (exact) mass is 271 g/mol. The highest BCUT2D eigenvalue weighted by atomic mass is 15.5. The molecule has 0 amide bonds. The third kappa shape index (κ3) is 2.58. The zero-order valence-corrected chi connectivity index (χ0v) is 11.9. The summed E-state index contributed by atoms with van der Waals surface area (Å²) in [6.07, 6.45) is 5.32. The molecule has 1 aliphatic carbocycles. The van der Waals surface area contributed by atoms with Crippen molar-refractivity contribution < 1.29 is 0 Å². The highest BCUT2D eigenvalue weighted by molar-refractivity contribution is 5.30. The van der Waals surface area contributed by atoms with Gasteiger partial charge >= 0.3 is 0 Å². The average Bonchev–Trinajstić information content (AvgIpc) is 2.91. The van der Waals surface area contributed by atoms with E-state index in [4.69, 9.17) is 0 Å². The number of para-hydroxylation sites is 1. The van der Waals surface area contributed by atoms with Crippen molar-refractivity contribution in [2.45, 2.75) is 39.2 Å². The van der Waals surface area contributed by atoms with Gasteiger partial charge in [0.15, 0.2) is 5.82 Å². The standard InChI is InChI=1S/C15H21N5/c1-2-15(9-6-10-15)12-16-11-14-17-18-19-20(14)13-7-4-3-5-8-13/h3-5,7-8,16H,2,6,9-12H2,1H3. The Morgan fingerprint density at radius 2 is 2.05 bits per heavy atom. The van der Waals surface area contributed by atoms with Crippen molar-refractivity contribution in [3.8, 4) is 5.69 Å². The van der Waals surface area contributed by atoms with Gasteiger partial charge in [-0.05, 0) is 47.2 Å². The molecular weight excluding hydrogens is 250 g/mol. The van der Waals surface area contributed by atoms with E-state index in [9.17, 15) is 0 Å². The summed E-state index contributed by atoms with van der Waals surface area (Å²) in [4.78, 5) is 0. The van der Waals surface area contributed by atoms with Crippen LogP contribution in [-0.2, 0) is 6.54 Å². The van der Waals surface area contributed by atoms with E-state index in [0.29, 0.717) is 12.0 Å². The summed E-state index contributed by atoms with van der Waals surface area (Å²) in [6, 6.07) is 10.0. The fourth-order valence-electron chi connectivity index (χ4n) is 2.86. The number of rotatable bonds is 6. The molecule has 2 aromatic rings. The molecule has 5 nitrogen and oxygen atoms in total. The van der Waals surface area contributed by atoms with Crippen LogP contribution in [0.4, 0.5) is 0 Å². The van der Waals surface area contributed by atoms with Crippen molar-refractivity contribution in [1.29, 1.82) is 0 Å². The average molecular weight is 271 g/mol. The van der Waals surface area contributed by atoms with E-state index >= 15 is 0 Å². The van der Waals surface area contributed by atoms with Crippen LogP contribution < -0.4 is 5.32 Å². The zero-order valence-electron chi connectivity index (χ0n) is 11.9. The minimum atomic E-state index is 0.519. The maximum Gasteiger partial charge on any atom is 0.170 e. The van der Waals surface area contributed by atoms with Crippen LogP contribution in [0.3, 0.4) is 0 Å². The minimum Gasteiger partial charge on any atom is -0.309 e. The fraction of sp³-hybridized carbons (Fsp3) is 0.533. The normalized spacial score (nSPS) is 16.9. The van der Waals surface area contributed by atoms with E-state index in [0.717, 1.165) is 18.1 Å². The molecule has 0 bridgehead atoms. The van der Waals surface area contributed by atoms with E-state index in [-0.39, 0.29) is 0 Å². The molecule has 1 N–H and O–H groups in total. The summed E-state index contributed by atoms with van der Waals surface area (Å²) < 4.78 is 1.80. The van der Waals surface area contributed by atoms with Gasteiger partial charge in [-0.15, -0.1) is 5.10 Å². The molecule has 1 heterocycles. The Kier molecular flexibility index (Phi) is 3.78. The van der Waals surface area contributed by atoms with Crippen LogP contribution in [0.15, 0.2) is 30.3 Å². The number of tetrazole rings is 1. The maximum absolute atomic E-state index is 4.12. The number of hydrogen-bond donors (Lipinski definition) is 1. The molecule has 0 saturated heterocycles. The van der Waals surface area contributed by atoms with Gasteiger partial charge in [-0.1, -0.05) is 31.5 Å². The van der Waals surface area contributed by atoms with Crippen LogP contribution in [0, 0.1) is 5.41 Å². The van der Waals surface area contributed by atoms with Gasteiger partial charge < -0.3 is 5.32 Å². The van der Waals surface area contributed by atoms with Crippen LogP contribution in [0.25, 0.3) is 5.69 Å². The first-order chi connectivity index (χ1) is 9.83. The Balaban J connectivity index is 1.63. The molecule has 1 aliphatic rings. The molecular formula is C15H21N5. The van der Waals surface area contributed by atoms with Crippen molar-refractivity contribution in [1.82, 2.24) is 25.5 Å². The Morgan fingerprint density at radius 3 is 2.70 bits per heavy atom. The van der Waals surface area contributed by atoms with Gasteiger partial charge in [0.25, 0.3) is 0 Å². The third-order valence-corrected chi connectivity index (χ3v) is 4.48. The van der Waals surface area contributed by atoms with Crippen molar-refractivity contribution in [2.75, 3.05) is 6.54 Å². The lowest BCUT2D eigenvalue weighted by atomic mass is 9.67. The first kappa shape index (κ1) is 13.2. The van der Waals surface area contributed by atoms with E-state index in [1.807, 2.05) is 30.3 Å². The highest BCUT2D eigenvalue weighted by Crippen LogP contribution is 2.43. The van der Waals surface area contributed by atoms with Crippen LogP contribution in [-0.4, -0.2) is 26.8 Å². The predicted octanol–water partition coefficient (Wildman–Crippen LogP) is 2.33. The number of aromatic nitrogens is 4. The Bertz CT molecular complexity index is 539. The van der Waals surface area contributed by atoms with Crippen molar-refractivity contribution >= 4 is 0 Å². The van der Waals surface area contributed by atoms with Crippen LogP contribution in [0.5, 0.6) is 0 Å². The number of hydrogen-bond acceptors (Lipinski definition) is 4. The lowest BCUT2D eigenvalue weighted by Gasteiger charge is -2.41. The summed E-state index contributed by atoms with van der Waals surface area (Å²) in [5.74, 6) is 0.863. The van der Waals surface area contributed by atoms with E-state index in [2.05, 4.69) is 27.8 Å². The van der Waals surface area contributed by atoms with Gasteiger partial charge in [0.1, 0.15) is 0 Å². The largest absolute Gasteiger partial charge is 0.309 e. The summed E-state index contributed by atoms with van der Waals surface area (Å²) >= 11 is 0. The van der Waals surface area contributed by atoms with Crippen LogP contribution in [0.2, 0.25) is 0 Å². The van der Waals surface area contributed by atoms with Crippen molar-refractivity contribution in [3.63, 3.8) is 0 Å². The zero-order chi connectivity index (χ0) is 13.8. The quantitative estimate of drug-likeness (QED) is 0.876. The SMILES string of the molecule is CCC1(CNCc2nnnn2-c2ccccc2)CCC1. The van der Waals surface area contributed by atoms with Gasteiger partial charge in [0.2, 0.25) is 0 Å². The van der Waals surface area contributed by atoms with E-state index in [1.54, 1.807) is 4.68 Å². The molecule has 20 heavy (non-hydrogen) atoms. The molecule has 0 spiro atoms. The van der Waals surface area contributed by atoms with Crippen molar-refractivity contribution in [3.05, 3.63) is 36.2 Å². The smallest absolute Gasteiger partial charge is 0.170 e. The van der Waals surface area contributed by atoms with Crippen LogP contribution in [0.1, 0.15) is 38.4 Å². The third-order valence-electron chi connectivity index (χ3n) is 4.48.